The van der Waals surface area contributed by atoms with E-state index in [9.17, 15) is 9.90 Å². The zero-order valence-corrected chi connectivity index (χ0v) is 22.5. The van der Waals surface area contributed by atoms with Gasteiger partial charge in [-0.2, -0.15) is 0 Å². The molecule has 7 nitrogen and oxygen atoms in total. The standard InChI is InChI=1S/C16H36N.C10H20O6/c1-5-9-13-17(14-10-6-2,15-11-7-3)16-12-8-4;1-13-4-5-15-8-9-16-7-6-14-3-2-10(11)12/h5-16H2,1-4H3;2-9H2,1H3,(H,11,12)/q+1;/p-1. The maximum absolute atomic E-state index is 10.0. The largest absolute Gasteiger partial charge is 0.550 e. The van der Waals surface area contributed by atoms with Gasteiger partial charge in [0.1, 0.15) is 0 Å². The normalized spacial score (nSPS) is 11.3. The van der Waals surface area contributed by atoms with Gasteiger partial charge in [-0.25, -0.2) is 0 Å². The predicted octanol–water partition coefficient (Wildman–Crippen LogP) is 3.83. The van der Waals surface area contributed by atoms with Gasteiger partial charge in [-0.15, -0.1) is 0 Å². The van der Waals surface area contributed by atoms with Crippen LogP contribution in [0, 0.1) is 0 Å². The van der Waals surface area contributed by atoms with Crippen LogP contribution in [-0.2, 0) is 23.7 Å². The maximum Gasteiger partial charge on any atom is 0.0786 e. The number of aliphatic carboxylic acids is 1. The molecule has 0 saturated heterocycles. The van der Waals surface area contributed by atoms with Gasteiger partial charge in [0.05, 0.1) is 72.4 Å². The highest BCUT2D eigenvalue weighted by atomic mass is 16.6. The van der Waals surface area contributed by atoms with Crippen LogP contribution in [0.2, 0.25) is 0 Å². The topological polar surface area (TPSA) is 77.0 Å². The van der Waals surface area contributed by atoms with E-state index in [2.05, 4.69) is 27.7 Å². The molecule has 0 aromatic rings. The Morgan fingerprint density at radius 2 is 0.939 bits per heavy atom. The Bertz CT molecular complexity index is 357. The van der Waals surface area contributed by atoms with Gasteiger partial charge >= 0.3 is 0 Å². The molecule has 0 N–H and O–H groups in total. The molecule has 0 aromatic heterocycles. The summed E-state index contributed by atoms with van der Waals surface area (Å²) in [6, 6.07) is 0. The first-order valence-corrected chi connectivity index (χ1v) is 13.3. The van der Waals surface area contributed by atoms with Crippen molar-refractivity contribution in [3.8, 4) is 0 Å². The van der Waals surface area contributed by atoms with E-state index in [0.29, 0.717) is 39.6 Å². The summed E-state index contributed by atoms with van der Waals surface area (Å²) in [5.74, 6) is -1.10. The van der Waals surface area contributed by atoms with Crippen molar-refractivity contribution >= 4 is 5.97 Å². The van der Waals surface area contributed by atoms with E-state index in [1.807, 2.05) is 0 Å². The number of rotatable bonds is 24. The lowest BCUT2D eigenvalue weighted by Crippen LogP contribution is -2.50. The summed E-state index contributed by atoms with van der Waals surface area (Å²) in [6.45, 7) is 18.1. The van der Waals surface area contributed by atoms with Gasteiger partial charge in [0, 0.05) is 19.5 Å². The summed E-state index contributed by atoms with van der Waals surface area (Å²) in [6.07, 6.45) is 11.0. The first-order chi connectivity index (χ1) is 16.0. The van der Waals surface area contributed by atoms with E-state index in [1.165, 1.54) is 82.0 Å². The smallest absolute Gasteiger partial charge is 0.0786 e. The molecule has 0 fully saturated rings. The summed E-state index contributed by atoms with van der Waals surface area (Å²) in [4.78, 5) is 10.0. The lowest BCUT2D eigenvalue weighted by Gasteiger charge is -2.39. The van der Waals surface area contributed by atoms with Crippen molar-refractivity contribution in [1.29, 1.82) is 0 Å². The molecular weight excluding hydrogens is 422 g/mol. The molecule has 0 saturated carbocycles. The van der Waals surface area contributed by atoms with Crippen LogP contribution in [0.5, 0.6) is 0 Å². The molecule has 0 spiro atoms. The highest BCUT2D eigenvalue weighted by molar-refractivity contribution is 5.64. The van der Waals surface area contributed by atoms with Gasteiger partial charge in [-0.05, 0) is 25.7 Å². The van der Waals surface area contributed by atoms with Crippen LogP contribution in [0.1, 0.15) is 85.5 Å². The Morgan fingerprint density at radius 1 is 0.606 bits per heavy atom. The minimum atomic E-state index is -1.10. The van der Waals surface area contributed by atoms with Gasteiger partial charge in [0.2, 0.25) is 0 Å². The van der Waals surface area contributed by atoms with Gasteiger partial charge in [0.15, 0.2) is 0 Å². The molecule has 0 unspecified atom stereocenters. The molecule has 0 aliphatic carbocycles. The molecule has 0 aliphatic rings. The number of carbonyl (C=O) groups excluding carboxylic acids is 1. The molecule has 7 heteroatoms. The second kappa shape index (κ2) is 27.5. The highest BCUT2D eigenvalue weighted by Crippen LogP contribution is 2.16. The molecule has 0 radical (unpaired) electrons. The SMILES string of the molecule is CCCC[N+](CCCC)(CCCC)CCCC.COCCOCCOCCOCCC(=O)[O-]. The minimum absolute atomic E-state index is 0.0832. The van der Waals surface area contributed by atoms with Gasteiger partial charge in [-0.3, -0.25) is 0 Å². The predicted molar refractivity (Wildman–Crippen MR) is 133 cm³/mol. The quantitative estimate of drug-likeness (QED) is 0.155. The van der Waals surface area contributed by atoms with Crippen molar-refractivity contribution in [3.63, 3.8) is 0 Å². The van der Waals surface area contributed by atoms with Gasteiger partial charge < -0.3 is 33.3 Å². The van der Waals surface area contributed by atoms with Crippen molar-refractivity contribution < 1.29 is 33.3 Å². The lowest BCUT2D eigenvalue weighted by atomic mass is 10.1. The zero-order chi connectivity index (χ0) is 25.0. The molecule has 0 rings (SSSR count). The summed E-state index contributed by atoms with van der Waals surface area (Å²) in [7, 11) is 1.61. The average Bonchev–Trinajstić information content (AvgIpc) is 2.82. The third kappa shape index (κ3) is 25.7. The second-order valence-electron chi connectivity index (χ2n) is 8.60. The Hall–Kier alpha value is -0.730. The summed E-state index contributed by atoms with van der Waals surface area (Å²) >= 11 is 0. The molecule has 33 heavy (non-hydrogen) atoms. The Morgan fingerprint density at radius 3 is 1.24 bits per heavy atom. The van der Waals surface area contributed by atoms with Crippen LogP contribution in [0.15, 0.2) is 0 Å². The van der Waals surface area contributed by atoms with E-state index >= 15 is 0 Å². The van der Waals surface area contributed by atoms with E-state index in [4.69, 9.17) is 18.9 Å². The van der Waals surface area contributed by atoms with E-state index < -0.39 is 5.97 Å². The van der Waals surface area contributed by atoms with E-state index in [1.54, 1.807) is 7.11 Å². The molecule has 200 valence electrons. The van der Waals surface area contributed by atoms with Crippen molar-refractivity contribution in [2.45, 2.75) is 85.5 Å². The Balaban J connectivity index is 0. The van der Waals surface area contributed by atoms with E-state index in [0.717, 1.165) is 0 Å². The van der Waals surface area contributed by atoms with Crippen LogP contribution >= 0.6 is 0 Å². The first kappa shape index (κ1) is 34.4. The number of ether oxygens (including phenoxy) is 4. The number of carboxylic acid groups (broad SMARTS) is 1. The maximum atomic E-state index is 10.0. The number of hydrogen-bond acceptors (Lipinski definition) is 6. The fourth-order valence-electron chi connectivity index (χ4n) is 3.48. The van der Waals surface area contributed by atoms with Crippen LogP contribution < -0.4 is 5.11 Å². The molecule has 0 aromatic carbocycles. The third-order valence-corrected chi connectivity index (χ3v) is 5.57. The zero-order valence-electron chi connectivity index (χ0n) is 22.5. The second-order valence-corrected chi connectivity index (χ2v) is 8.60. The minimum Gasteiger partial charge on any atom is -0.550 e. The number of hydrogen-bond donors (Lipinski definition) is 0. The van der Waals surface area contributed by atoms with Crippen molar-refractivity contribution in [3.05, 3.63) is 0 Å². The fraction of sp³-hybridized carbons (Fsp3) is 0.962. The summed E-state index contributed by atoms with van der Waals surface area (Å²) < 4.78 is 21.5. The number of unbranched alkanes of at least 4 members (excludes halogenated alkanes) is 4. The van der Waals surface area contributed by atoms with Crippen LogP contribution in [0.3, 0.4) is 0 Å². The molecule has 0 bridgehead atoms. The number of nitrogens with zero attached hydrogens (tertiary/aromatic N) is 1. The van der Waals surface area contributed by atoms with Crippen molar-refractivity contribution in [1.82, 2.24) is 0 Å². The lowest BCUT2D eigenvalue weighted by molar-refractivity contribution is -0.929. The van der Waals surface area contributed by atoms with Crippen molar-refractivity contribution in [2.75, 3.05) is 79.5 Å². The number of carboxylic acids is 1. The molecule has 0 aliphatic heterocycles. The van der Waals surface area contributed by atoms with Gasteiger partial charge in [0.25, 0.3) is 0 Å². The number of quaternary nitrogens is 1. The van der Waals surface area contributed by atoms with Crippen LogP contribution in [0.4, 0.5) is 0 Å². The average molecular weight is 478 g/mol. The van der Waals surface area contributed by atoms with Gasteiger partial charge in [-0.1, -0.05) is 53.4 Å². The number of carbonyl (C=O) groups is 1. The fourth-order valence-corrected chi connectivity index (χ4v) is 3.48. The number of methoxy groups -OCH3 is 1. The molecule has 0 heterocycles. The third-order valence-electron chi connectivity index (χ3n) is 5.57. The van der Waals surface area contributed by atoms with Crippen LogP contribution in [-0.4, -0.2) is 90.0 Å². The molecule has 0 atom stereocenters. The monoisotopic (exact) mass is 477 g/mol. The molecular formula is C26H55NO6. The molecule has 0 amide bonds. The van der Waals surface area contributed by atoms with Crippen molar-refractivity contribution in [2.24, 2.45) is 0 Å². The van der Waals surface area contributed by atoms with Crippen LogP contribution in [0.25, 0.3) is 0 Å². The highest BCUT2D eigenvalue weighted by Gasteiger charge is 2.24. The Labute approximate surface area is 204 Å². The Kier molecular flexibility index (Phi) is 28.7. The van der Waals surface area contributed by atoms with E-state index in [-0.39, 0.29) is 13.0 Å². The first-order valence-electron chi connectivity index (χ1n) is 13.3. The summed E-state index contributed by atoms with van der Waals surface area (Å²) in [5.41, 5.74) is 0. The summed E-state index contributed by atoms with van der Waals surface area (Å²) in [5, 5.41) is 10.0.